The molecule has 0 atom stereocenters. The Balaban J connectivity index is 1.71. The zero-order valence-electron chi connectivity index (χ0n) is 15.0. The van der Waals surface area contributed by atoms with E-state index in [2.05, 4.69) is 25.6 Å². The smallest absolute Gasteiger partial charge is 0.349 e. The number of amides is 1. The van der Waals surface area contributed by atoms with E-state index >= 15 is 0 Å². The molecule has 1 aromatic carbocycles. The summed E-state index contributed by atoms with van der Waals surface area (Å²) >= 11 is 12.6. The highest BCUT2D eigenvalue weighted by Crippen LogP contribution is 2.40. The highest BCUT2D eigenvalue weighted by atomic mass is 35.5. The molecule has 12 heteroatoms. The van der Waals surface area contributed by atoms with Gasteiger partial charge in [-0.05, 0) is 26.0 Å². The minimum Gasteiger partial charge on any atom is -0.434 e. The maximum absolute atomic E-state index is 12.0. The van der Waals surface area contributed by atoms with Crippen molar-refractivity contribution in [3.63, 3.8) is 0 Å². The molecule has 10 nitrogen and oxygen atoms in total. The average Bonchev–Trinajstić information content (AvgIpc) is 2.87. The summed E-state index contributed by atoms with van der Waals surface area (Å²) in [5, 5.41) is 14.4. The molecular weight excluding hydrogens is 423 g/mol. The fourth-order valence-electron chi connectivity index (χ4n) is 2.79. The maximum atomic E-state index is 12.0. The van der Waals surface area contributed by atoms with Gasteiger partial charge in [0.1, 0.15) is 6.20 Å². The van der Waals surface area contributed by atoms with Crippen molar-refractivity contribution >= 4 is 34.9 Å². The van der Waals surface area contributed by atoms with E-state index in [1.807, 2.05) is 0 Å². The molecule has 4 rings (SSSR count). The maximum Gasteiger partial charge on any atom is 0.349 e. The van der Waals surface area contributed by atoms with E-state index in [4.69, 9.17) is 27.9 Å². The van der Waals surface area contributed by atoms with Crippen LogP contribution in [0.25, 0.3) is 5.69 Å². The molecule has 0 spiro atoms. The monoisotopic (exact) mass is 434 g/mol. The Labute approximate surface area is 172 Å². The molecule has 1 amide bonds. The normalized spacial score (nSPS) is 14.4. The lowest BCUT2D eigenvalue weighted by Crippen LogP contribution is -2.30. The number of nitrogens with one attached hydrogen (secondary N) is 2. The molecule has 1 aliphatic heterocycles. The Bertz CT molecular complexity index is 1260. The average molecular weight is 435 g/mol. The number of hydrogen-bond acceptors (Lipinski definition) is 7. The van der Waals surface area contributed by atoms with E-state index in [1.165, 1.54) is 12.1 Å². The molecule has 3 aromatic rings. The van der Waals surface area contributed by atoms with Crippen LogP contribution in [0.15, 0.2) is 34.0 Å². The van der Waals surface area contributed by atoms with Crippen LogP contribution in [0, 0.1) is 0 Å². The predicted molar refractivity (Wildman–Crippen MR) is 104 cm³/mol. The summed E-state index contributed by atoms with van der Waals surface area (Å²) < 4.78 is 6.62. The van der Waals surface area contributed by atoms with Crippen molar-refractivity contribution in [1.82, 2.24) is 25.0 Å². The number of carbonyl (C=O) groups excluding carboxylic acids is 1. The van der Waals surface area contributed by atoms with Crippen molar-refractivity contribution in [3.8, 4) is 17.3 Å². The molecule has 3 heterocycles. The quantitative estimate of drug-likeness (QED) is 0.644. The summed E-state index contributed by atoms with van der Waals surface area (Å²) in [5.74, 6) is 0.338. The molecule has 2 aromatic heterocycles. The van der Waals surface area contributed by atoms with Crippen molar-refractivity contribution in [2.24, 2.45) is 0 Å². The van der Waals surface area contributed by atoms with Gasteiger partial charge < -0.3 is 10.1 Å². The lowest BCUT2D eigenvalue weighted by atomic mass is 9.87. The van der Waals surface area contributed by atoms with Crippen LogP contribution in [0.2, 0.25) is 10.0 Å². The fourth-order valence-corrected chi connectivity index (χ4v) is 3.34. The first-order chi connectivity index (χ1) is 13.7. The van der Waals surface area contributed by atoms with Crippen LogP contribution in [0.5, 0.6) is 11.6 Å². The van der Waals surface area contributed by atoms with Gasteiger partial charge in [0.25, 0.3) is 5.56 Å². The number of fused-ring (bicyclic) bond motifs is 1. The number of anilines is 1. The first-order valence-corrected chi connectivity index (χ1v) is 8.98. The van der Waals surface area contributed by atoms with Gasteiger partial charge >= 0.3 is 5.69 Å². The largest absolute Gasteiger partial charge is 0.434 e. The molecule has 29 heavy (non-hydrogen) atoms. The SMILES string of the molecule is CC1(C)C(=O)Nc2nnc(Oc3c(Cl)cc(-n4ncc(=O)[nH]c4=O)cc3Cl)cc21. The first kappa shape index (κ1) is 19.1. The third kappa shape index (κ3) is 3.26. The second kappa shape index (κ2) is 6.68. The second-order valence-corrected chi connectivity index (χ2v) is 7.53. The van der Waals surface area contributed by atoms with Crippen LogP contribution >= 0.6 is 23.2 Å². The molecular formula is C17H12Cl2N6O4. The van der Waals surface area contributed by atoms with Gasteiger partial charge in [0, 0.05) is 11.6 Å². The zero-order valence-corrected chi connectivity index (χ0v) is 16.5. The molecule has 0 saturated carbocycles. The number of aromatic nitrogens is 5. The van der Waals surface area contributed by atoms with Gasteiger partial charge in [0.15, 0.2) is 11.6 Å². The molecule has 0 fully saturated rings. The second-order valence-electron chi connectivity index (χ2n) is 6.72. The van der Waals surface area contributed by atoms with Crippen LogP contribution in [0.3, 0.4) is 0 Å². The summed E-state index contributed by atoms with van der Waals surface area (Å²) in [4.78, 5) is 37.2. The molecule has 1 aliphatic rings. The number of hydrogen-bond donors (Lipinski definition) is 2. The summed E-state index contributed by atoms with van der Waals surface area (Å²) in [6, 6.07) is 4.37. The summed E-state index contributed by atoms with van der Waals surface area (Å²) in [6.45, 7) is 3.51. The molecule has 0 unspecified atom stereocenters. The summed E-state index contributed by atoms with van der Waals surface area (Å²) in [6.07, 6.45) is 0.949. The topological polar surface area (TPSA) is 132 Å². The van der Waals surface area contributed by atoms with Crippen molar-refractivity contribution < 1.29 is 9.53 Å². The zero-order chi connectivity index (χ0) is 20.9. The van der Waals surface area contributed by atoms with E-state index in [0.29, 0.717) is 11.4 Å². The summed E-state index contributed by atoms with van der Waals surface area (Å²) in [7, 11) is 0. The molecule has 0 saturated heterocycles. The number of carbonyl (C=O) groups is 1. The number of benzene rings is 1. The molecule has 0 radical (unpaired) electrons. The van der Waals surface area contributed by atoms with Crippen molar-refractivity contribution in [1.29, 1.82) is 0 Å². The Morgan fingerprint density at radius 2 is 1.76 bits per heavy atom. The molecule has 2 N–H and O–H groups in total. The third-order valence-electron chi connectivity index (χ3n) is 4.39. The van der Waals surface area contributed by atoms with Gasteiger partial charge in [-0.1, -0.05) is 23.2 Å². The predicted octanol–water partition coefficient (Wildman–Crippen LogP) is 2.04. The number of ether oxygens (including phenoxy) is 1. The number of halogens is 2. The Kier molecular flexibility index (Phi) is 4.39. The van der Waals surface area contributed by atoms with Crippen LogP contribution in [-0.4, -0.2) is 30.9 Å². The number of nitrogens with zero attached hydrogens (tertiary/aromatic N) is 4. The van der Waals surface area contributed by atoms with Gasteiger partial charge in [0.2, 0.25) is 11.8 Å². The summed E-state index contributed by atoms with van der Waals surface area (Å²) in [5.41, 5.74) is -1.32. The van der Waals surface area contributed by atoms with E-state index < -0.39 is 16.7 Å². The minimum absolute atomic E-state index is 0.0724. The van der Waals surface area contributed by atoms with E-state index in [1.54, 1.807) is 19.9 Å². The van der Waals surface area contributed by atoms with Gasteiger partial charge in [-0.25, -0.2) is 4.79 Å². The highest BCUT2D eigenvalue weighted by molar-refractivity contribution is 6.37. The van der Waals surface area contributed by atoms with E-state index in [-0.39, 0.29) is 33.3 Å². The van der Waals surface area contributed by atoms with Gasteiger partial charge in [-0.3, -0.25) is 14.6 Å². The first-order valence-electron chi connectivity index (χ1n) is 8.22. The van der Waals surface area contributed by atoms with Crippen molar-refractivity contribution in [2.75, 3.05) is 5.32 Å². The Morgan fingerprint density at radius 1 is 1.07 bits per heavy atom. The van der Waals surface area contributed by atoms with Crippen LogP contribution in [0.4, 0.5) is 5.82 Å². The van der Waals surface area contributed by atoms with Crippen LogP contribution in [-0.2, 0) is 10.2 Å². The molecule has 148 valence electrons. The van der Waals surface area contributed by atoms with Crippen LogP contribution < -0.4 is 21.3 Å². The number of H-pyrrole nitrogens is 1. The Hall–Kier alpha value is -3.24. The third-order valence-corrected chi connectivity index (χ3v) is 4.95. The number of aromatic amines is 1. The van der Waals surface area contributed by atoms with Gasteiger partial charge in [-0.15, -0.1) is 10.2 Å². The fraction of sp³-hybridized carbons (Fsp3) is 0.176. The van der Waals surface area contributed by atoms with Crippen molar-refractivity contribution in [3.05, 3.63) is 60.8 Å². The van der Waals surface area contributed by atoms with Crippen molar-refractivity contribution in [2.45, 2.75) is 19.3 Å². The highest BCUT2D eigenvalue weighted by Gasteiger charge is 2.40. The lowest BCUT2D eigenvalue weighted by molar-refractivity contribution is -0.119. The molecule has 0 aliphatic carbocycles. The van der Waals surface area contributed by atoms with E-state index in [9.17, 15) is 14.4 Å². The lowest BCUT2D eigenvalue weighted by Gasteiger charge is -2.15. The van der Waals surface area contributed by atoms with Gasteiger partial charge in [-0.2, -0.15) is 9.78 Å². The number of rotatable bonds is 3. The Morgan fingerprint density at radius 3 is 2.41 bits per heavy atom. The van der Waals surface area contributed by atoms with Crippen LogP contribution in [0.1, 0.15) is 19.4 Å². The molecule has 0 bridgehead atoms. The minimum atomic E-state index is -0.794. The van der Waals surface area contributed by atoms with E-state index in [0.717, 1.165) is 10.9 Å². The van der Waals surface area contributed by atoms with Gasteiger partial charge in [0.05, 0.1) is 21.1 Å². The standard InChI is InChI=1S/C17H12Cl2N6O4/c1-17(2)8-5-12(23-24-14(8)22-15(17)27)29-13-9(18)3-7(4-10(13)19)25-16(28)21-11(26)6-20-25/h3-6H,1-2H3,(H,21,26,28)(H,22,24,27).